The molecule has 2 aromatic heterocycles. The Bertz CT molecular complexity index is 1000. The lowest BCUT2D eigenvalue weighted by atomic mass is 10.2. The quantitative estimate of drug-likeness (QED) is 0.532. The van der Waals surface area contributed by atoms with Crippen molar-refractivity contribution in [1.82, 2.24) is 15.1 Å². The minimum Gasteiger partial charge on any atom is -0.360 e. The van der Waals surface area contributed by atoms with E-state index in [1.54, 1.807) is 12.3 Å². The predicted molar refractivity (Wildman–Crippen MR) is 105 cm³/mol. The molecule has 2 aromatic carbocycles. The van der Waals surface area contributed by atoms with E-state index >= 15 is 0 Å². The lowest BCUT2D eigenvalue weighted by molar-refractivity contribution is 0.400. The second-order valence-electron chi connectivity index (χ2n) is 6.10. The van der Waals surface area contributed by atoms with E-state index in [1.807, 2.05) is 61.5 Å². The Hall–Kier alpha value is -3.67. The lowest BCUT2D eigenvalue weighted by Gasteiger charge is -2.23. The van der Waals surface area contributed by atoms with E-state index in [4.69, 9.17) is 4.52 Å². The molecule has 0 saturated carbocycles. The third-order valence-corrected chi connectivity index (χ3v) is 4.02. The zero-order valence-corrected chi connectivity index (χ0v) is 14.9. The second-order valence-corrected chi connectivity index (χ2v) is 6.10. The predicted octanol–water partition coefficient (Wildman–Crippen LogP) is 4.85. The van der Waals surface area contributed by atoms with Gasteiger partial charge in [-0.05, 0) is 30.7 Å². The molecular weight excluding hydrogens is 338 g/mol. The number of nitrogens with zero attached hydrogens (tertiary/aromatic N) is 4. The van der Waals surface area contributed by atoms with E-state index in [9.17, 15) is 0 Å². The summed E-state index contributed by atoms with van der Waals surface area (Å²) in [4.78, 5) is 11.2. The molecule has 0 atom stereocenters. The van der Waals surface area contributed by atoms with Crippen molar-refractivity contribution >= 4 is 23.3 Å². The summed E-state index contributed by atoms with van der Waals surface area (Å²) in [6, 6.07) is 24.0. The van der Waals surface area contributed by atoms with Crippen LogP contribution in [0, 0.1) is 6.92 Å². The van der Waals surface area contributed by atoms with Crippen LogP contribution in [-0.2, 0) is 6.54 Å². The number of aromatic nitrogens is 3. The van der Waals surface area contributed by atoms with Crippen LogP contribution in [-0.4, -0.2) is 15.1 Å². The second kappa shape index (κ2) is 7.70. The molecule has 0 radical (unpaired) electrons. The highest BCUT2D eigenvalue weighted by atomic mass is 16.5. The van der Waals surface area contributed by atoms with Gasteiger partial charge in [0.15, 0.2) is 5.82 Å². The van der Waals surface area contributed by atoms with Crippen molar-refractivity contribution in [1.29, 1.82) is 0 Å². The number of hydrogen-bond acceptors (Lipinski definition) is 6. The standard InChI is InChI=1S/C21H19N5O/c1-16-14-20(25-27-16)23-19-12-13-22-21(24-19)26(18-10-6-3-7-11-18)15-17-8-4-2-5-9-17/h2-14H,15H2,1H3,(H,22,23,24,25). The van der Waals surface area contributed by atoms with Gasteiger partial charge in [0.2, 0.25) is 5.95 Å². The average Bonchev–Trinajstić information content (AvgIpc) is 3.12. The van der Waals surface area contributed by atoms with E-state index < -0.39 is 0 Å². The Balaban J connectivity index is 1.66. The minimum atomic E-state index is 0.607. The molecule has 6 nitrogen and oxygen atoms in total. The molecule has 0 saturated heterocycles. The lowest BCUT2D eigenvalue weighted by Crippen LogP contribution is -2.19. The van der Waals surface area contributed by atoms with Crippen molar-refractivity contribution in [3.8, 4) is 0 Å². The van der Waals surface area contributed by atoms with Crippen LogP contribution >= 0.6 is 0 Å². The Morgan fingerprint density at radius 1 is 0.926 bits per heavy atom. The number of para-hydroxylation sites is 1. The molecule has 2 heterocycles. The van der Waals surface area contributed by atoms with Gasteiger partial charge in [-0.15, -0.1) is 0 Å². The maximum absolute atomic E-state index is 5.10. The highest BCUT2D eigenvalue weighted by Crippen LogP contribution is 2.25. The SMILES string of the molecule is Cc1cc(Nc2ccnc(N(Cc3ccccc3)c3ccccc3)n2)no1. The van der Waals surface area contributed by atoms with Gasteiger partial charge >= 0.3 is 0 Å². The van der Waals surface area contributed by atoms with Crippen LogP contribution in [0.3, 0.4) is 0 Å². The number of rotatable bonds is 6. The number of benzene rings is 2. The molecule has 27 heavy (non-hydrogen) atoms. The molecule has 134 valence electrons. The van der Waals surface area contributed by atoms with Crippen LogP contribution < -0.4 is 10.2 Å². The Kier molecular flexibility index (Phi) is 4.78. The molecule has 0 bridgehead atoms. The largest absolute Gasteiger partial charge is 0.360 e. The highest BCUT2D eigenvalue weighted by molar-refractivity contribution is 5.60. The smallest absolute Gasteiger partial charge is 0.232 e. The normalized spacial score (nSPS) is 10.6. The van der Waals surface area contributed by atoms with Gasteiger partial charge in [0.25, 0.3) is 0 Å². The van der Waals surface area contributed by atoms with Crippen molar-refractivity contribution in [2.45, 2.75) is 13.5 Å². The summed E-state index contributed by atoms with van der Waals surface area (Å²) >= 11 is 0. The van der Waals surface area contributed by atoms with Gasteiger partial charge in [-0.25, -0.2) is 4.98 Å². The van der Waals surface area contributed by atoms with Gasteiger partial charge in [-0.2, -0.15) is 4.98 Å². The van der Waals surface area contributed by atoms with Crippen LogP contribution in [0.1, 0.15) is 11.3 Å². The van der Waals surface area contributed by atoms with Crippen molar-refractivity contribution in [3.05, 3.63) is 90.3 Å². The topological polar surface area (TPSA) is 67.1 Å². The zero-order chi connectivity index (χ0) is 18.5. The van der Waals surface area contributed by atoms with E-state index in [-0.39, 0.29) is 0 Å². The summed E-state index contributed by atoms with van der Waals surface area (Å²) in [6.07, 6.45) is 1.73. The van der Waals surface area contributed by atoms with E-state index in [0.717, 1.165) is 11.4 Å². The minimum absolute atomic E-state index is 0.607. The fourth-order valence-electron chi connectivity index (χ4n) is 2.76. The van der Waals surface area contributed by atoms with Crippen molar-refractivity contribution in [2.75, 3.05) is 10.2 Å². The number of aryl methyl sites for hydroxylation is 1. The maximum atomic E-state index is 5.10. The Morgan fingerprint density at radius 3 is 2.37 bits per heavy atom. The van der Waals surface area contributed by atoms with E-state index in [1.165, 1.54) is 5.56 Å². The first-order valence-corrected chi connectivity index (χ1v) is 8.68. The molecule has 0 spiro atoms. The van der Waals surface area contributed by atoms with Gasteiger partial charge in [0.05, 0.1) is 6.54 Å². The van der Waals surface area contributed by atoms with Crippen molar-refractivity contribution in [2.24, 2.45) is 0 Å². The molecule has 4 aromatic rings. The third kappa shape index (κ3) is 4.12. The summed E-state index contributed by atoms with van der Waals surface area (Å²) in [7, 11) is 0. The first kappa shape index (κ1) is 16.8. The van der Waals surface area contributed by atoms with Crippen molar-refractivity contribution in [3.63, 3.8) is 0 Å². The highest BCUT2D eigenvalue weighted by Gasteiger charge is 2.14. The third-order valence-electron chi connectivity index (χ3n) is 4.02. The fourth-order valence-corrected chi connectivity index (χ4v) is 2.76. The van der Waals surface area contributed by atoms with Gasteiger partial charge in [-0.1, -0.05) is 53.7 Å². The number of anilines is 4. The molecule has 0 amide bonds. The van der Waals surface area contributed by atoms with Crippen LogP contribution in [0.5, 0.6) is 0 Å². The molecule has 1 N–H and O–H groups in total. The summed E-state index contributed by atoms with van der Waals surface area (Å²) in [5, 5.41) is 7.10. The number of hydrogen-bond donors (Lipinski definition) is 1. The van der Waals surface area contributed by atoms with Crippen LogP contribution in [0.2, 0.25) is 0 Å². The molecule has 0 aliphatic heterocycles. The van der Waals surface area contributed by atoms with Crippen LogP contribution in [0.4, 0.5) is 23.3 Å². The van der Waals surface area contributed by atoms with Gasteiger partial charge in [-0.3, -0.25) is 0 Å². The van der Waals surface area contributed by atoms with Crippen molar-refractivity contribution < 1.29 is 4.52 Å². The Morgan fingerprint density at radius 2 is 1.67 bits per heavy atom. The summed E-state index contributed by atoms with van der Waals surface area (Å²) in [5.74, 6) is 2.62. The molecule has 0 aliphatic rings. The van der Waals surface area contributed by atoms with E-state index in [0.29, 0.717) is 24.1 Å². The van der Waals surface area contributed by atoms with Gasteiger partial charge < -0.3 is 14.7 Å². The summed E-state index contributed by atoms with van der Waals surface area (Å²) < 4.78 is 5.10. The van der Waals surface area contributed by atoms with Gasteiger partial charge in [0, 0.05) is 18.0 Å². The fraction of sp³-hybridized carbons (Fsp3) is 0.0952. The number of nitrogens with one attached hydrogen (secondary N) is 1. The first-order chi connectivity index (χ1) is 13.3. The molecule has 0 aliphatic carbocycles. The molecule has 0 fully saturated rings. The monoisotopic (exact) mass is 357 g/mol. The Labute approximate surface area is 157 Å². The molecular formula is C21H19N5O. The molecule has 0 unspecified atom stereocenters. The zero-order valence-electron chi connectivity index (χ0n) is 14.9. The summed E-state index contributed by atoms with van der Waals surface area (Å²) in [5.41, 5.74) is 2.20. The van der Waals surface area contributed by atoms with Crippen LogP contribution in [0.25, 0.3) is 0 Å². The average molecular weight is 357 g/mol. The van der Waals surface area contributed by atoms with E-state index in [2.05, 4.69) is 37.5 Å². The van der Waals surface area contributed by atoms with Crippen LogP contribution in [0.15, 0.2) is 83.5 Å². The summed E-state index contributed by atoms with van der Waals surface area (Å²) in [6.45, 7) is 2.51. The van der Waals surface area contributed by atoms with Gasteiger partial charge in [0.1, 0.15) is 11.6 Å². The molecule has 4 rings (SSSR count). The first-order valence-electron chi connectivity index (χ1n) is 8.68. The molecule has 6 heteroatoms. The maximum Gasteiger partial charge on any atom is 0.232 e.